The molecule has 7 heteroatoms. The maximum atomic E-state index is 13.6. The van der Waals surface area contributed by atoms with Crippen molar-refractivity contribution in [2.45, 2.75) is 67.8 Å². The van der Waals surface area contributed by atoms with Gasteiger partial charge in [0.1, 0.15) is 11.1 Å². The molecule has 1 unspecified atom stereocenters. The third-order valence-corrected chi connectivity index (χ3v) is 8.63. The number of thioether (sulfide) groups is 1. The van der Waals surface area contributed by atoms with Gasteiger partial charge in [-0.1, -0.05) is 67.4 Å². The molecular formula is C25H30N4OS2. The Bertz CT molecular complexity index is 1010. The van der Waals surface area contributed by atoms with E-state index in [9.17, 15) is 4.79 Å². The molecule has 2 aromatic heterocycles. The molecule has 1 aliphatic carbocycles. The first kappa shape index (κ1) is 21.7. The van der Waals surface area contributed by atoms with E-state index in [0.29, 0.717) is 6.04 Å². The number of hydrogen-bond acceptors (Lipinski definition) is 5. The number of nitrogens with zero attached hydrogens (tertiary/aromatic N) is 4. The number of benzene rings is 1. The van der Waals surface area contributed by atoms with Crippen molar-refractivity contribution in [2.24, 2.45) is 0 Å². The third kappa shape index (κ3) is 4.79. The maximum absolute atomic E-state index is 13.6. The van der Waals surface area contributed by atoms with Crippen LogP contribution in [0.3, 0.4) is 0 Å². The number of carbonyl (C=O) groups excluding carboxylic acids is 1. The molecule has 5 rings (SSSR count). The summed E-state index contributed by atoms with van der Waals surface area (Å²) in [7, 11) is 0. The van der Waals surface area contributed by atoms with E-state index in [-0.39, 0.29) is 11.2 Å². The molecule has 168 valence electrons. The lowest BCUT2D eigenvalue weighted by atomic mass is 9.95. The fraction of sp³-hybridized carbons (Fsp3) is 0.480. The molecule has 1 amide bonds. The van der Waals surface area contributed by atoms with E-state index >= 15 is 0 Å². The summed E-state index contributed by atoms with van der Waals surface area (Å²) in [6, 6.07) is 14.9. The Kier molecular flexibility index (Phi) is 6.93. The van der Waals surface area contributed by atoms with E-state index in [4.69, 9.17) is 0 Å². The maximum Gasteiger partial charge on any atom is 0.240 e. The number of thiophene rings is 1. The minimum Gasteiger partial charge on any atom is -0.341 e. The lowest BCUT2D eigenvalue weighted by Crippen LogP contribution is -2.31. The monoisotopic (exact) mass is 466 g/mol. The fourth-order valence-electron chi connectivity index (χ4n) is 4.88. The molecule has 1 aromatic carbocycles. The van der Waals surface area contributed by atoms with E-state index in [1.165, 1.54) is 37.0 Å². The van der Waals surface area contributed by atoms with Gasteiger partial charge in [-0.25, -0.2) is 0 Å². The number of hydrogen-bond donors (Lipinski definition) is 0. The van der Waals surface area contributed by atoms with Crippen LogP contribution >= 0.6 is 23.1 Å². The quantitative estimate of drug-likeness (QED) is 0.407. The summed E-state index contributed by atoms with van der Waals surface area (Å²) >= 11 is 3.36. The molecule has 0 bridgehead atoms. The van der Waals surface area contributed by atoms with Gasteiger partial charge < -0.3 is 9.47 Å². The molecule has 3 aromatic rings. The van der Waals surface area contributed by atoms with Crippen LogP contribution in [0.25, 0.3) is 0 Å². The van der Waals surface area contributed by atoms with Crippen molar-refractivity contribution in [3.05, 3.63) is 64.1 Å². The van der Waals surface area contributed by atoms with Gasteiger partial charge in [0.15, 0.2) is 5.16 Å². The molecule has 0 radical (unpaired) electrons. The smallest absolute Gasteiger partial charge is 0.240 e. The predicted molar refractivity (Wildman–Crippen MR) is 130 cm³/mol. The van der Waals surface area contributed by atoms with Crippen molar-refractivity contribution < 1.29 is 4.79 Å². The van der Waals surface area contributed by atoms with E-state index in [1.807, 2.05) is 23.1 Å². The first-order chi connectivity index (χ1) is 15.8. The zero-order valence-corrected chi connectivity index (χ0v) is 20.0. The minimum atomic E-state index is -0.282. The highest BCUT2D eigenvalue weighted by Crippen LogP contribution is 2.40. The minimum absolute atomic E-state index is 0.205. The summed E-state index contributed by atoms with van der Waals surface area (Å²) in [5, 5.41) is 12.0. The van der Waals surface area contributed by atoms with E-state index in [2.05, 4.69) is 44.4 Å². The molecule has 1 aliphatic heterocycles. The average molecular weight is 467 g/mol. The zero-order chi connectivity index (χ0) is 21.8. The lowest BCUT2D eigenvalue weighted by Gasteiger charge is -2.27. The van der Waals surface area contributed by atoms with Crippen molar-refractivity contribution in [1.29, 1.82) is 0 Å². The Labute approximate surface area is 198 Å². The van der Waals surface area contributed by atoms with Crippen molar-refractivity contribution in [3.63, 3.8) is 0 Å². The van der Waals surface area contributed by atoms with Crippen LogP contribution in [-0.4, -0.2) is 38.7 Å². The summed E-state index contributed by atoms with van der Waals surface area (Å²) in [5.74, 6) is 1.24. The molecule has 0 N–H and O–H groups in total. The predicted octanol–water partition coefficient (Wildman–Crippen LogP) is 5.89. The number of rotatable bonds is 7. The van der Waals surface area contributed by atoms with E-state index in [1.54, 1.807) is 23.1 Å². The Morgan fingerprint density at radius 2 is 1.78 bits per heavy atom. The fourth-order valence-corrected chi connectivity index (χ4v) is 6.79. The third-order valence-electron chi connectivity index (χ3n) is 6.56. The van der Waals surface area contributed by atoms with Crippen molar-refractivity contribution in [2.75, 3.05) is 13.1 Å². The number of likely N-dealkylation sites (tertiary alicyclic amines) is 1. The number of aromatic nitrogens is 3. The summed E-state index contributed by atoms with van der Waals surface area (Å²) in [6.07, 6.45) is 9.14. The van der Waals surface area contributed by atoms with Crippen LogP contribution in [0.15, 0.2) is 53.0 Å². The highest BCUT2D eigenvalue weighted by Gasteiger charge is 2.32. The van der Waals surface area contributed by atoms with Crippen molar-refractivity contribution >= 4 is 29.0 Å². The van der Waals surface area contributed by atoms with Crippen LogP contribution in [0, 0.1) is 0 Å². The summed E-state index contributed by atoms with van der Waals surface area (Å²) < 4.78 is 2.37. The standard InChI is InChI=1S/C25H30N4OS2/c30-24(28-15-7-8-16-28)23(19-10-3-1-4-11-19)32-25-27-26-22(18-21-14-9-17-31-21)29(25)20-12-5-2-6-13-20/h1,3-4,9-11,14,17,20,23H,2,5-8,12-13,15-16,18H2. The first-order valence-corrected chi connectivity index (χ1v) is 13.5. The van der Waals surface area contributed by atoms with Gasteiger partial charge in [-0.05, 0) is 42.7 Å². The SMILES string of the molecule is O=C(C(Sc1nnc(Cc2cccs2)n1C1CCCCC1)c1ccccc1)N1CCCC1. The van der Waals surface area contributed by atoms with E-state index < -0.39 is 0 Å². The zero-order valence-electron chi connectivity index (χ0n) is 18.4. The Balaban J connectivity index is 1.48. The second kappa shape index (κ2) is 10.2. The van der Waals surface area contributed by atoms with E-state index in [0.717, 1.165) is 48.9 Å². The Morgan fingerprint density at radius 3 is 2.50 bits per heavy atom. The molecule has 0 spiro atoms. The number of amides is 1. The van der Waals surface area contributed by atoms with Gasteiger partial charge in [0.25, 0.3) is 0 Å². The van der Waals surface area contributed by atoms with Crippen LogP contribution < -0.4 is 0 Å². The topological polar surface area (TPSA) is 51.0 Å². The summed E-state index contributed by atoms with van der Waals surface area (Å²) in [4.78, 5) is 16.9. The average Bonchev–Trinajstić information content (AvgIpc) is 3.61. The largest absolute Gasteiger partial charge is 0.341 e. The van der Waals surface area contributed by atoms with Gasteiger partial charge in [0.2, 0.25) is 5.91 Å². The van der Waals surface area contributed by atoms with Crippen LogP contribution in [0.2, 0.25) is 0 Å². The molecule has 1 saturated carbocycles. The van der Waals surface area contributed by atoms with Gasteiger partial charge >= 0.3 is 0 Å². The van der Waals surface area contributed by atoms with Gasteiger partial charge in [0, 0.05) is 30.4 Å². The van der Waals surface area contributed by atoms with Gasteiger partial charge in [-0.15, -0.1) is 21.5 Å². The van der Waals surface area contributed by atoms with Crippen molar-refractivity contribution in [1.82, 2.24) is 19.7 Å². The molecular weight excluding hydrogens is 436 g/mol. The molecule has 32 heavy (non-hydrogen) atoms. The van der Waals surface area contributed by atoms with Crippen LogP contribution in [-0.2, 0) is 11.2 Å². The molecule has 1 atom stereocenters. The normalized spacial score (nSPS) is 18.2. The number of carbonyl (C=O) groups is 1. The first-order valence-electron chi connectivity index (χ1n) is 11.8. The highest BCUT2D eigenvalue weighted by atomic mass is 32.2. The second-order valence-electron chi connectivity index (χ2n) is 8.76. The molecule has 1 saturated heterocycles. The molecule has 3 heterocycles. The van der Waals surface area contributed by atoms with Gasteiger partial charge in [0.05, 0.1) is 0 Å². The molecule has 2 aliphatic rings. The highest BCUT2D eigenvalue weighted by molar-refractivity contribution is 8.00. The molecule has 2 fully saturated rings. The summed E-state index contributed by atoms with van der Waals surface area (Å²) in [6.45, 7) is 1.73. The van der Waals surface area contributed by atoms with Crippen LogP contribution in [0.1, 0.15) is 72.5 Å². The summed E-state index contributed by atoms with van der Waals surface area (Å²) in [5.41, 5.74) is 1.05. The van der Waals surface area contributed by atoms with Crippen LogP contribution in [0.4, 0.5) is 0 Å². The molecule has 5 nitrogen and oxygen atoms in total. The second-order valence-corrected chi connectivity index (χ2v) is 10.9. The van der Waals surface area contributed by atoms with Crippen molar-refractivity contribution in [3.8, 4) is 0 Å². The Hall–Kier alpha value is -2.12. The lowest BCUT2D eigenvalue weighted by molar-refractivity contribution is -0.129. The van der Waals surface area contributed by atoms with Crippen LogP contribution in [0.5, 0.6) is 0 Å². The van der Waals surface area contributed by atoms with Gasteiger partial charge in [-0.2, -0.15) is 0 Å². The Morgan fingerprint density at radius 1 is 1.00 bits per heavy atom. The van der Waals surface area contributed by atoms with Gasteiger partial charge in [-0.3, -0.25) is 4.79 Å².